The van der Waals surface area contributed by atoms with Crippen LogP contribution in [0, 0.1) is 11.3 Å². The van der Waals surface area contributed by atoms with Gasteiger partial charge in [0, 0.05) is 15.1 Å². The fourth-order valence-electron chi connectivity index (χ4n) is 2.40. The lowest BCUT2D eigenvalue weighted by Crippen LogP contribution is -2.21. The molecule has 0 saturated heterocycles. The summed E-state index contributed by atoms with van der Waals surface area (Å²) in [4.78, 5) is 0. The Morgan fingerprint density at radius 1 is 0.875 bits per heavy atom. The Bertz CT molecular complexity index is 893. The molecule has 24 heavy (non-hydrogen) atoms. The smallest absolute Gasteiger partial charge is 0.227 e. The minimum atomic E-state index is -3.06. The molecule has 0 aromatic heterocycles. The van der Waals surface area contributed by atoms with Gasteiger partial charge in [-0.1, -0.05) is 36.4 Å². The van der Waals surface area contributed by atoms with E-state index in [1.165, 1.54) is 0 Å². The largest absolute Gasteiger partial charge is 0.328 e. The third-order valence-electron chi connectivity index (χ3n) is 3.62. The molecule has 3 aromatic rings. The molecule has 3 aromatic carbocycles. The van der Waals surface area contributed by atoms with Crippen molar-refractivity contribution in [1.29, 1.82) is 5.26 Å². The number of hydrogen-bond acceptors (Lipinski definition) is 2. The Kier molecular flexibility index (Phi) is 4.85. The molecule has 0 radical (unpaired) electrons. The molecule has 0 bridgehead atoms. The average Bonchev–Trinajstić information content (AvgIpc) is 2.64. The molecule has 0 saturated carbocycles. The molecule has 0 heterocycles. The lowest BCUT2D eigenvalue weighted by molar-refractivity contribution is 0.590. The monoisotopic (exact) mass is 396 g/mol. The molecule has 0 fully saturated rings. The maximum atomic E-state index is 13.9. The minimum absolute atomic E-state index is 0.543. The summed E-state index contributed by atoms with van der Waals surface area (Å²) in [6.45, 7) is 0. The van der Waals surface area contributed by atoms with Crippen molar-refractivity contribution in [3.8, 4) is 6.07 Å². The van der Waals surface area contributed by atoms with Crippen LogP contribution < -0.4 is 15.7 Å². The predicted octanol–water partition coefficient (Wildman–Crippen LogP) is 4.66. The molecule has 3 nitrogen and oxygen atoms in total. The third kappa shape index (κ3) is 3.28. The van der Waals surface area contributed by atoms with Crippen molar-refractivity contribution in [1.82, 2.24) is 0 Å². The van der Waals surface area contributed by atoms with Crippen LogP contribution in [0.5, 0.6) is 0 Å². The van der Waals surface area contributed by atoms with E-state index in [4.69, 9.17) is 5.26 Å². The maximum Gasteiger partial charge on any atom is 0.227 e. The van der Waals surface area contributed by atoms with Crippen molar-refractivity contribution in [3.63, 3.8) is 0 Å². The van der Waals surface area contributed by atoms with E-state index < -0.39 is 7.29 Å². The van der Waals surface area contributed by atoms with Crippen LogP contribution in [-0.2, 0) is 4.57 Å². The molecule has 118 valence electrons. The second-order valence-electron chi connectivity index (χ2n) is 5.20. The van der Waals surface area contributed by atoms with Crippen molar-refractivity contribution in [3.05, 3.63) is 88.9 Å². The molecule has 0 amide bonds. The summed E-state index contributed by atoms with van der Waals surface area (Å²) in [6.07, 6.45) is 0. The van der Waals surface area contributed by atoms with Crippen LogP contribution in [0.2, 0.25) is 0 Å². The zero-order valence-corrected chi connectivity index (χ0v) is 15.2. The number of rotatable bonds is 4. The van der Waals surface area contributed by atoms with Gasteiger partial charge in [-0.15, -0.1) is 0 Å². The molecular weight excluding hydrogens is 383 g/mol. The van der Waals surface area contributed by atoms with Crippen LogP contribution in [-0.4, -0.2) is 0 Å². The van der Waals surface area contributed by atoms with Gasteiger partial charge in [-0.2, -0.15) is 5.26 Å². The summed E-state index contributed by atoms with van der Waals surface area (Å²) in [6, 6.07) is 26.0. The van der Waals surface area contributed by atoms with Crippen LogP contribution in [0.3, 0.4) is 0 Å². The zero-order chi connectivity index (χ0) is 17.0. The van der Waals surface area contributed by atoms with Crippen molar-refractivity contribution in [2.45, 2.75) is 0 Å². The number of nitriles is 1. The summed E-state index contributed by atoms with van der Waals surface area (Å²) in [5, 5.41) is 13.7. The van der Waals surface area contributed by atoms with Gasteiger partial charge in [-0.3, -0.25) is 4.57 Å². The molecule has 0 atom stereocenters. The van der Waals surface area contributed by atoms with E-state index in [1.54, 1.807) is 18.2 Å². The van der Waals surface area contributed by atoms with Gasteiger partial charge >= 0.3 is 0 Å². The SMILES string of the molecule is N#Cc1ccc(NP(=O)(c2ccccc2)c2ccccc2)c(Br)c1. The first-order chi connectivity index (χ1) is 11.6. The highest BCUT2D eigenvalue weighted by Crippen LogP contribution is 2.45. The first-order valence-electron chi connectivity index (χ1n) is 7.33. The van der Waals surface area contributed by atoms with Crippen LogP contribution in [0.15, 0.2) is 83.3 Å². The van der Waals surface area contributed by atoms with E-state index in [0.717, 1.165) is 10.6 Å². The number of nitrogens with one attached hydrogen (secondary N) is 1. The van der Waals surface area contributed by atoms with Crippen molar-refractivity contribution in [2.24, 2.45) is 0 Å². The van der Waals surface area contributed by atoms with Gasteiger partial charge < -0.3 is 5.09 Å². The van der Waals surface area contributed by atoms with E-state index in [0.29, 0.717) is 15.7 Å². The standard InChI is InChI=1S/C19H14BrN2OP/c20-18-13-15(14-21)11-12-19(18)22-24(23,16-7-3-1-4-8-16)17-9-5-2-6-10-17/h1-13H,(H,22,23). The summed E-state index contributed by atoms with van der Waals surface area (Å²) >= 11 is 3.45. The Balaban J connectivity index is 2.11. The quantitative estimate of drug-likeness (QED) is 0.652. The lowest BCUT2D eigenvalue weighted by atomic mass is 10.2. The van der Waals surface area contributed by atoms with Gasteiger partial charge in [0.25, 0.3) is 0 Å². The van der Waals surface area contributed by atoms with Gasteiger partial charge in [0.15, 0.2) is 0 Å². The number of anilines is 1. The van der Waals surface area contributed by atoms with Gasteiger partial charge in [-0.25, -0.2) is 0 Å². The second kappa shape index (κ2) is 7.05. The third-order valence-corrected chi connectivity index (χ3v) is 6.88. The number of benzene rings is 3. The van der Waals surface area contributed by atoms with E-state index in [9.17, 15) is 4.57 Å². The van der Waals surface area contributed by atoms with Gasteiger partial charge in [-0.05, 0) is 58.4 Å². The molecule has 5 heteroatoms. The van der Waals surface area contributed by atoms with E-state index in [2.05, 4.69) is 27.1 Å². The van der Waals surface area contributed by atoms with Crippen molar-refractivity contribution < 1.29 is 4.57 Å². The van der Waals surface area contributed by atoms with Gasteiger partial charge in [0.05, 0.1) is 17.3 Å². The zero-order valence-electron chi connectivity index (χ0n) is 12.7. The van der Waals surface area contributed by atoms with E-state index >= 15 is 0 Å². The molecule has 0 aliphatic heterocycles. The van der Waals surface area contributed by atoms with E-state index in [1.807, 2.05) is 60.7 Å². The van der Waals surface area contributed by atoms with Crippen molar-refractivity contribution in [2.75, 3.05) is 5.09 Å². The molecular formula is C19H14BrN2OP. The summed E-state index contributed by atoms with van der Waals surface area (Å²) in [7, 11) is -3.06. The molecule has 0 unspecified atom stereocenters. The summed E-state index contributed by atoms with van der Waals surface area (Å²) in [5.74, 6) is 0. The Morgan fingerprint density at radius 2 is 1.42 bits per heavy atom. The highest BCUT2D eigenvalue weighted by Gasteiger charge is 2.27. The molecule has 0 aliphatic rings. The van der Waals surface area contributed by atoms with Crippen molar-refractivity contribution >= 4 is 39.5 Å². The summed E-state index contributed by atoms with van der Waals surface area (Å²) in [5.41, 5.74) is 1.23. The first-order valence-corrected chi connectivity index (χ1v) is 9.83. The van der Waals surface area contributed by atoms with Crippen LogP contribution >= 0.6 is 23.2 Å². The van der Waals surface area contributed by atoms with Gasteiger partial charge in [0.1, 0.15) is 0 Å². The van der Waals surface area contributed by atoms with Crippen LogP contribution in [0.25, 0.3) is 0 Å². The fraction of sp³-hybridized carbons (Fsp3) is 0. The Labute approximate surface area is 149 Å². The number of halogens is 1. The Morgan fingerprint density at radius 3 is 1.88 bits per heavy atom. The fourth-order valence-corrected chi connectivity index (χ4v) is 5.30. The molecule has 0 spiro atoms. The van der Waals surface area contributed by atoms with Gasteiger partial charge in [0.2, 0.25) is 7.29 Å². The first kappa shape index (κ1) is 16.5. The predicted molar refractivity (Wildman–Crippen MR) is 102 cm³/mol. The molecule has 1 N–H and O–H groups in total. The molecule has 0 aliphatic carbocycles. The normalized spacial score (nSPS) is 10.8. The highest BCUT2D eigenvalue weighted by molar-refractivity contribution is 9.10. The highest BCUT2D eigenvalue weighted by atomic mass is 79.9. The number of hydrogen-bond donors (Lipinski definition) is 1. The average molecular weight is 397 g/mol. The number of nitrogens with zero attached hydrogens (tertiary/aromatic N) is 1. The van der Waals surface area contributed by atoms with Crippen LogP contribution in [0.4, 0.5) is 5.69 Å². The summed E-state index contributed by atoms with van der Waals surface area (Å²) < 4.78 is 14.6. The van der Waals surface area contributed by atoms with Crippen LogP contribution in [0.1, 0.15) is 5.56 Å². The maximum absolute atomic E-state index is 13.9. The van der Waals surface area contributed by atoms with E-state index in [-0.39, 0.29) is 0 Å². The topological polar surface area (TPSA) is 52.9 Å². The minimum Gasteiger partial charge on any atom is -0.328 e. The molecule has 3 rings (SSSR count). The second-order valence-corrected chi connectivity index (χ2v) is 8.53. The lowest BCUT2D eigenvalue weighted by Gasteiger charge is -2.22. The Hall–Kier alpha value is -2.34.